The van der Waals surface area contributed by atoms with Crippen LogP contribution in [0.3, 0.4) is 0 Å². The summed E-state index contributed by atoms with van der Waals surface area (Å²) < 4.78 is 7.94. The molecule has 3 N–H and O–H groups in total. The van der Waals surface area contributed by atoms with Crippen molar-refractivity contribution in [2.75, 3.05) is 10.6 Å². The number of amides is 2. The van der Waals surface area contributed by atoms with E-state index >= 15 is 0 Å². The number of aryl methyl sites for hydroxylation is 1. The first-order chi connectivity index (χ1) is 10.7. The summed E-state index contributed by atoms with van der Waals surface area (Å²) in [6, 6.07) is 13.2. The van der Waals surface area contributed by atoms with Gasteiger partial charge in [-0.3, -0.25) is 0 Å². The fraction of sp³-hybridized carbons (Fsp3) is 0.118. The molecular weight excluding hydrogens is 262 g/mol. The van der Waals surface area contributed by atoms with Gasteiger partial charge in [-0.2, -0.15) is 0 Å². The Kier molecular flexibility index (Phi) is 3.27. The lowest BCUT2D eigenvalue weighted by atomic mass is 10.1. The predicted molar refractivity (Wildman–Crippen MR) is 86.8 cm³/mol. The minimum absolute atomic E-state index is 0.326. The van der Waals surface area contributed by atoms with Gasteiger partial charge >= 0.3 is 6.03 Å². The van der Waals surface area contributed by atoms with Crippen LogP contribution in [0.5, 0.6) is 0 Å². The number of hydrogen-bond donors (Lipinski definition) is 3. The Balaban J connectivity index is 1.75. The van der Waals surface area contributed by atoms with E-state index in [9.17, 15) is 4.79 Å². The van der Waals surface area contributed by atoms with Crippen molar-refractivity contribution in [3.8, 4) is 0 Å². The van der Waals surface area contributed by atoms with Crippen LogP contribution in [0.1, 0.15) is 13.9 Å². The minimum atomic E-state index is -0.326. The normalized spacial score (nSPS) is 11.2. The fourth-order valence-electron chi connectivity index (χ4n) is 2.21. The zero-order chi connectivity index (χ0) is 15.5. The number of nitrogens with one attached hydrogen (secondary N) is 3. The average Bonchev–Trinajstić information content (AvgIpc) is 2.92. The minimum Gasteiger partial charge on any atom is -0.359 e. The van der Waals surface area contributed by atoms with E-state index in [0.29, 0.717) is 17.1 Å². The molecule has 0 bridgehead atoms. The Hall–Kier alpha value is -2.75. The van der Waals surface area contributed by atoms with Crippen molar-refractivity contribution in [3.05, 3.63) is 60.3 Å². The van der Waals surface area contributed by atoms with Crippen molar-refractivity contribution < 1.29 is 6.17 Å². The standard InChI is InChI=1S/C17H17N3O/c1-2-12-7-9-13(10-8-12)19-17(21)20-16-11-18-15-6-4-3-5-14(15)16/h3-11,18H,2H2,1H3,(H2,19,20,21)/i5D. The molecule has 1 aromatic heterocycles. The van der Waals surface area contributed by atoms with Crippen molar-refractivity contribution in [2.45, 2.75) is 13.3 Å². The highest BCUT2D eigenvalue weighted by molar-refractivity contribution is 6.05. The number of urea groups is 1. The molecule has 0 saturated carbocycles. The van der Waals surface area contributed by atoms with Gasteiger partial charge in [0.05, 0.1) is 7.06 Å². The number of benzene rings is 2. The van der Waals surface area contributed by atoms with E-state index in [1.165, 1.54) is 5.56 Å². The van der Waals surface area contributed by atoms with Crippen LogP contribution in [0.25, 0.3) is 10.9 Å². The number of fused-ring (bicyclic) bond motifs is 1. The molecule has 21 heavy (non-hydrogen) atoms. The summed E-state index contributed by atoms with van der Waals surface area (Å²) in [5, 5.41) is 6.28. The zero-order valence-electron chi connectivity index (χ0n) is 12.7. The third kappa shape index (κ3) is 2.89. The maximum Gasteiger partial charge on any atom is 0.323 e. The molecule has 1 heterocycles. The van der Waals surface area contributed by atoms with Crippen molar-refractivity contribution >= 4 is 28.3 Å². The molecular formula is C17H17N3O. The van der Waals surface area contributed by atoms with Gasteiger partial charge in [-0.15, -0.1) is 0 Å². The zero-order valence-corrected chi connectivity index (χ0v) is 11.7. The summed E-state index contributed by atoms with van der Waals surface area (Å²) in [6.45, 7) is 2.09. The maximum absolute atomic E-state index is 12.1. The van der Waals surface area contributed by atoms with Crippen LogP contribution in [0.15, 0.2) is 54.7 Å². The molecule has 4 heteroatoms. The van der Waals surface area contributed by atoms with Gasteiger partial charge in [0, 0.05) is 22.8 Å². The SMILES string of the molecule is [2H]c1cccc2[nH]cc(NC(=O)Nc3ccc(CC)cc3)c12. The Labute approximate surface area is 124 Å². The van der Waals surface area contributed by atoms with Gasteiger partial charge in [0.2, 0.25) is 0 Å². The number of carbonyl (C=O) groups excluding carboxylic acids is 1. The first-order valence-corrected chi connectivity index (χ1v) is 6.91. The van der Waals surface area contributed by atoms with Crippen LogP contribution in [0.4, 0.5) is 16.2 Å². The molecule has 0 spiro atoms. The van der Waals surface area contributed by atoms with Gasteiger partial charge in [-0.25, -0.2) is 4.79 Å². The molecule has 0 saturated heterocycles. The first-order valence-electron chi connectivity index (χ1n) is 7.41. The molecule has 3 rings (SSSR count). The number of aromatic nitrogens is 1. The first kappa shape index (κ1) is 12.0. The van der Waals surface area contributed by atoms with Gasteiger partial charge in [-0.1, -0.05) is 37.2 Å². The molecule has 3 aromatic rings. The van der Waals surface area contributed by atoms with Crippen LogP contribution in [0, 0.1) is 0 Å². The van der Waals surface area contributed by atoms with E-state index in [2.05, 4.69) is 22.5 Å². The highest BCUT2D eigenvalue weighted by Crippen LogP contribution is 2.22. The smallest absolute Gasteiger partial charge is 0.323 e. The van der Waals surface area contributed by atoms with E-state index in [4.69, 9.17) is 1.37 Å². The van der Waals surface area contributed by atoms with Crippen LogP contribution in [-0.4, -0.2) is 11.0 Å². The summed E-state index contributed by atoms with van der Waals surface area (Å²) in [4.78, 5) is 15.1. The van der Waals surface area contributed by atoms with E-state index in [1.807, 2.05) is 30.3 Å². The Bertz CT molecular complexity index is 808. The summed E-state index contributed by atoms with van der Waals surface area (Å²) in [6.07, 6.45) is 2.66. The quantitative estimate of drug-likeness (QED) is 0.655. The molecule has 0 atom stereocenters. The number of H-pyrrole nitrogens is 1. The van der Waals surface area contributed by atoms with E-state index in [-0.39, 0.29) is 6.03 Å². The molecule has 2 aromatic carbocycles. The molecule has 0 unspecified atom stereocenters. The highest BCUT2D eigenvalue weighted by Gasteiger charge is 2.07. The van der Waals surface area contributed by atoms with Gasteiger partial charge in [0.1, 0.15) is 0 Å². The number of rotatable bonds is 3. The third-order valence-corrected chi connectivity index (χ3v) is 3.37. The number of aromatic amines is 1. The predicted octanol–water partition coefficient (Wildman–Crippen LogP) is 4.37. The Morgan fingerprint density at radius 3 is 2.76 bits per heavy atom. The van der Waals surface area contributed by atoms with Crippen molar-refractivity contribution in [3.63, 3.8) is 0 Å². The second-order valence-corrected chi connectivity index (χ2v) is 4.79. The lowest BCUT2D eigenvalue weighted by Crippen LogP contribution is -2.19. The number of para-hydroxylation sites is 1. The molecule has 0 fully saturated rings. The van der Waals surface area contributed by atoms with Crippen molar-refractivity contribution in [1.29, 1.82) is 0 Å². The van der Waals surface area contributed by atoms with Crippen LogP contribution in [-0.2, 0) is 6.42 Å². The molecule has 0 radical (unpaired) electrons. The number of carbonyl (C=O) groups is 1. The summed E-state index contributed by atoms with van der Waals surface area (Å²) in [5.41, 5.74) is 3.39. The van der Waals surface area contributed by atoms with Gasteiger partial charge in [0.15, 0.2) is 0 Å². The van der Waals surface area contributed by atoms with Gasteiger partial charge < -0.3 is 15.6 Å². The molecule has 2 amide bonds. The Morgan fingerprint density at radius 2 is 2.00 bits per heavy atom. The lowest BCUT2D eigenvalue weighted by Gasteiger charge is -2.07. The average molecular weight is 280 g/mol. The van der Waals surface area contributed by atoms with Crippen LogP contribution in [0.2, 0.25) is 0 Å². The lowest BCUT2D eigenvalue weighted by molar-refractivity contribution is 0.262. The van der Waals surface area contributed by atoms with Crippen molar-refractivity contribution in [1.82, 2.24) is 4.98 Å². The van der Waals surface area contributed by atoms with Gasteiger partial charge in [0.25, 0.3) is 0 Å². The fourth-order valence-corrected chi connectivity index (χ4v) is 2.21. The number of hydrogen-bond acceptors (Lipinski definition) is 1. The monoisotopic (exact) mass is 280 g/mol. The summed E-state index contributed by atoms with van der Waals surface area (Å²) >= 11 is 0. The second kappa shape index (κ2) is 5.71. The highest BCUT2D eigenvalue weighted by atomic mass is 16.2. The van der Waals surface area contributed by atoms with Crippen molar-refractivity contribution in [2.24, 2.45) is 0 Å². The molecule has 0 aliphatic rings. The number of anilines is 2. The molecule has 0 aliphatic carbocycles. The molecule has 4 nitrogen and oxygen atoms in total. The largest absolute Gasteiger partial charge is 0.359 e. The van der Waals surface area contributed by atoms with E-state index < -0.39 is 0 Å². The Morgan fingerprint density at radius 1 is 1.19 bits per heavy atom. The molecule has 0 aliphatic heterocycles. The van der Waals surface area contributed by atoms with E-state index in [1.54, 1.807) is 18.3 Å². The summed E-state index contributed by atoms with van der Waals surface area (Å²) in [7, 11) is 0. The molecule has 106 valence electrons. The van der Waals surface area contributed by atoms with Crippen LogP contribution >= 0.6 is 0 Å². The second-order valence-electron chi connectivity index (χ2n) is 4.79. The van der Waals surface area contributed by atoms with Crippen LogP contribution < -0.4 is 10.6 Å². The van der Waals surface area contributed by atoms with E-state index in [0.717, 1.165) is 17.6 Å². The van der Waals surface area contributed by atoms with Gasteiger partial charge in [-0.05, 0) is 30.2 Å². The topological polar surface area (TPSA) is 56.9 Å². The third-order valence-electron chi connectivity index (χ3n) is 3.37. The summed E-state index contributed by atoms with van der Waals surface area (Å²) in [5.74, 6) is 0. The maximum atomic E-state index is 12.1.